The number of anilines is 2. The van der Waals surface area contributed by atoms with Crippen LogP contribution in [0.1, 0.15) is 82.3 Å². The van der Waals surface area contributed by atoms with Gasteiger partial charge in [-0.3, -0.25) is 9.59 Å². The number of nitrogens with two attached hydrogens (primary N) is 1. The van der Waals surface area contributed by atoms with Gasteiger partial charge >= 0.3 is 0 Å². The second kappa shape index (κ2) is 13.0. The molecule has 1 heterocycles. The zero-order valence-electron chi connectivity index (χ0n) is 23.3. The maximum atomic E-state index is 13.1. The molecule has 2 aromatic carbocycles. The fourth-order valence-electron chi connectivity index (χ4n) is 4.44. The summed E-state index contributed by atoms with van der Waals surface area (Å²) in [5.74, 6) is 1.37. The number of hydrogen-bond acceptors (Lipinski definition) is 5. The Balaban J connectivity index is 0.000000695. The van der Waals surface area contributed by atoms with Gasteiger partial charge in [0, 0.05) is 18.2 Å². The molecule has 4 rings (SSSR count). The summed E-state index contributed by atoms with van der Waals surface area (Å²) >= 11 is 0. The van der Waals surface area contributed by atoms with Gasteiger partial charge in [0.15, 0.2) is 0 Å². The van der Waals surface area contributed by atoms with Crippen LogP contribution in [0.4, 0.5) is 11.4 Å². The van der Waals surface area contributed by atoms with Crippen molar-refractivity contribution in [1.29, 1.82) is 0 Å². The van der Waals surface area contributed by atoms with Crippen LogP contribution in [-0.2, 0) is 4.79 Å². The molecule has 7 heteroatoms. The summed E-state index contributed by atoms with van der Waals surface area (Å²) in [6.45, 7) is 11.4. The summed E-state index contributed by atoms with van der Waals surface area (Å²) in [5, 5.41) is 3.06. The number of nitrogens with one attached hydrogen (secondary N) is 1. The highest BCUT2D eigenvalue weighted by atomic mass is 16.5. The van der Waals surface area contributed by atoms with E-state index < -0.39 is 0 Å². The number of amides is 2. The summed E-state index contributed by atoms with van der Waals surface area (Å²) in [7, 11) is 1.63. The Bertz CT molecular complexity index is 1050. The fourth-order valence-corrected chi connectivity index (χ4v) is 4.44. The Morgan fingerprint density at radius 3 is 2.22 bits per heavy atom. The number of rotatable bonds is 8. The predicted molar refractivity (Wildman–Crippen MR) is 151 cm³/mol. The lowest BCUT2D eigenvalue weighted by molar-refractivity contribution is -0.117. The van der Waals surface area contributed by atoms with Crippen molar-refractivity contribution in [2.24, 2.45) is 11.7 Å². The van der Waals surface area contributed by atoms with Gasteiger partial charge in [0.05, 0.1) is 37.1 Å². The van der Waals surface area contributed by atoms with E-state index in [0.29, 0.717) is 11.6 Å². The quantitative estimate of drug-likeness (QED) is 0.506. The standard InChI is InChI=1S/C25H32N4O3.C5H12/c1-4-19-15-28(20-8-9-20)22-12-7-18(13-23(22)29(19)24(30)14-26)25(31)27-16(2)17-5-10-21(32-3)11-6-17;1-4-5(2)3/h5-7,10-13,16,19-20H,4,8-9,14-15,26H2,1-3H3,(H,27,31);5H,4H2,1-3H3. The average Bonchev–Trinajstić information content (AvgIpc) is 3.77. The molecule has 0 saturated heterocycles. The molecule has 2 aromatic rings. The van der Waals surface area contributed by atoms with Crippen LogP contribution < -0.4 is 25.6 Å². The van der Waals surface area contributed by atoms with Gasteiger partial charge in [-0.05, 0) is 68.0 Å². The molecule has 1 aliphatic carbocycles. The van der Waals surface area contributed by atoms with E-state index in [-0.39, 0.29) is 30.4 Å². The molecular formula is C30H44N4O3. The fraction of sp³-hybridized carbons (Fsp3) is 0.533. The number of fused-ring (bicyclic) bond motifs is 1. The number of carbonyl (C=O) groups excluding carboxylic acids is 2. The first-order valence-corrected chi connectivity index (χ1v) is 13.6. The van der Waals surface area contributed by atoms with E-state index in [4.69, 9.17) is 10.5 Å². The summed E-state index contributed by atoms with van der Waals surface area (Å²) in [5.41, 5.74) is 9.06. The third-order valence-corrected chi connectivity index (χ3v) is 7.26. The minimum Gasteiger partial charge on any atom is -0.497 e. The topological polar surface area (TPSA) is 87.9 Å². The van der Waals surface area contributed by atoms with E-state index in [1.165, 1.54) is 19.3 Å². The van der Waals surface area contributed by atoms with Crippen molar-refractivity contribution in [2.75, 3.05) is 30.0 Å². The Hall–Kier alpha value is -3.06. The zero-order valence-corrected chi connectivity index (χ0v) is 23.3. The molecule has 37 heavy (non-hydrogen) atoms. The highest BCUT2D eigenvalue weighted by Crippen LogP contribution is 2.42. The van der Waals surface area contributed by atoms with Crippen molar-refractivity contribution in [3.8, 4) is 5.75 Å². The van der Waals surface area contributed by atoms with Crippen molar-refractivity contribution in [3.05, 3.63) is 53.6 Å². The van der Waals surface area contributed by atoms with Crippen LogP contribution in [0.15, 0.2) is 42.5 Å². The monoisotopic (exact) mass is 508 g/mol. The maximum absolute atomic E-state index is 13.1. The van der Waals surface area contributed by atoms with Crippen LogP contribution >= 0.6 is 0 Å². The summed E-state index contributed by atoms with van der Waals surface area (Å²) in [6.07, 6.45) is 4.48. The lowest BCUT2D eigenvalue weighted by Gasteiger charge is -2.43. The van der Waals surface area contributed by atoms with Crippen molar-refractivity contribution in [2.45, 2.75) is 78.4 Å². The molecule has 202 valence electrons. The third-order valence-electron chi connectivity index (χ3n) is 7.26. The largest absolute Gasteiger partial charge is 0.497 e. The van der Waals surface area contributed by atoms with Gasteiger partial charge in [-0.2, -0.15) is 0 Å². The molecule has 3 N–H and O–H groups in total. The number of methoxy groups -OCH3 is 1. The highest BCUT2D eigenvalue weighted by molar-refractivity contribution is 6.03. The molecular weight excluding hydrogens is 464 g/mol. The van der Waals surface area contributed by atoms with Crippen LogP contribution in [0.5, 0.6) is 5.75 Å². The van der Waals surface area contributed by atoms with Gasteiger partial charge in [-0.25, -0.2) is 0 Å². The minimum absolute atomic E-state index is 0.0513. The van der Waals surface area contributed by atoms with Crippen LogP contribution in [0, 0.1) is 5.92 Å². The Kier molecular flexibility index (Phi) is 9.98. The number of carbonyl (C=O) groups is 2. The molecule has 2 atom stereocenters. The molecule has 0 aromatic heterocycles. The third kappa shape index (κ3) is 7.04. The normalized spacial score (nSPS) is 17.5. The molecule has 2 aliphatic rings. The molecule has 0 spiro atoms. The molecule has 1 fully saturated rings. The Morgan fingerprint density at radius 1 is 1.05 bits per heavy atom. The van der Waals surface area contributed by atoms with Crippen molar-refractivity contribution in [1.82, 2.24) is 5.32 Å². The number of ether oxygens (including phenoxy) is 1. The zero-order chi connectivity index (χ0) is 27.1. The van der Waals surface area contributed by atoms with Gasteiger partial charge in [0.2, 0.25) is 5.91 Å². The number of benzene rings is 2. The molecule has 1 saturated carbocycles. The van der Waals surface area contributed by atoms with E-state index in [0.717, 1.165) is 41.6 Å². The van der Waals surface area contributed by atoms with Crippen molar-refractivity contribution < 1.29 is 14.3 Å². The summed E-state index contributed by atoms with van der Waals surface area (Å²) < 4.78 is 5.21. The smallest absolute Gasteiger partial charge is 0.251 e. The maximum Gasteiger partial charge on any atom is 0.251 e. The van der Waals surface area contributed by atoms with Gasteiger partial charge in [-0.1, -0.05) is 46.2 Å². The van der Waals surface area contributed by atoms with Crippen LogP contribution in [0.2, 0.25) is 0 Å². The van der Waals surface area contributed by atoms with Gasteiger partial charge < -0.3 is 25.6 Å². The second-order valence-corrected chi connectivity index (χ2v) is 10.4. The first kappa shape index (κ1) is 28.5. The van der Waals surface area contributed by atoms with E-state index >= 15 is 0 Å². The number of nitrogens with zero attached hydrogens (tertiary/aromatic N) is 2. The SMILES string of the molecule is CCC(C)C.CCC1CN(C2CC2)c2ccc(C(=O)NC(C)c3ccc(OC)cc3)cc2N1C(=O)CN. The second-order valence-electron chi connectivity index (χ2n) is 10.4. The molecule has 2 amide bonds. The molecule has 0 bridgehead atoms. The summed E-state index contributed by atoms with van der Waals surface area (Å²) in [6, 6.07) is 13.7. The van der Waals surface area contributed by atoms with Gasteiger partial charge in [0.25, 0.3) is 5.91 Å². The first-order valence-electron chi connectivity index (χ1n) is 13.6. The lowest BCUT2D eigenvalue weighted by atomic mass is 10.0. The van der Waals surface area contributed by atoms with E-state index in [9.17, 15) is 9.59 Å². The van der Waals surface area contributed by atoms with Crippen LogP contribution in [-0.4, -0.2) is 44.1 Å². The minimum atomic E-state index is -0.173. The average molecular weight is 509 g/mol. The first-order chi connectivity index (χ1) is 17.7. The van der Waals surface area contributed by atoms with Crippen molar-refractivity contribution in [3.63, 3.8) is 0 Å². The Morgan fingerprint density at radius 2 is 1.70 bits per heavy atom. The predicted octanol–water partition coefficient (Wildman–Crippen LogP) is 5.29. The van der Waals surface area contributed by atoms with E-state index in [1.807, 2.05) is 49.4 Å². The van der Waals surface area contributed by atoms with Crippen molar-refractivity contribution >= 4 is 23.2 Å². The molecule has 2 unspecified atom stereocenters. The van der Waals surface area contributed by atoms with E-state index in [1.54, 1.807) is 12.0 Å². The van der Waals surface area contributed by atoms with Gasteiger partial charge in [0.1, 0.15) is 5.75 Å². The van der Waals surface area contributed by atoms with Gasteiger partial charge in [-0.15, -0.1) is 0 Å². The molecule has 7 nitrogen and oxygen atoms in total. The van der Waals surface area contributed by atoms with Crippen LogP contribution in [0.25, 0.3) is 0 Å². The lowest BCUT2D eigenvalue weighted by Crippen LogP contribution is -2.53. The number of hydrogen-bond donors (Lipinski definition) is 2. The molecule has 1 aliphatic heterocycles. The highest BCUT2D eigenvalue weighted by Gasteiger charge is 2.39. The van der Waals surface area contributed by atoms with E-state index in [2.05, 4.69) is 37.9 Å². The molecule has 0 radical (unpaired) electrons. The Labute approximate surface area is 222 Å². The summed E-state index contributed by atoms with van der Waals surface area (Å²) in [4.78, 5) is 30.0. The van der Waals surface area contributed by atoms with Crippen LogP contribution in [0.3, 0.4) is 0 Å².